The molecule has 1 aromatic heterocycles. The molecular formula is C28H32FN3O3. The predicted molar refractivity (Wildman–Crippen MR) is 133 cm³/mol. The van der Waals surface area contributed by atoms with E-state index in [0.29, 0.717) is 6.54 Å². The van der Waals surface area contributed by atoms with E-state index in [9.17, 15) is 19.1 Å². The van der Waals surface area contributed by atoms with Crippen LogP contribution in [0.15, 0.2) is 48.5 Å². The number of rotatable bonds is 6. The fourth-order valence-electron chi connectivity index (χ4n) is 5.90. The Balaban J connectivity index is 1.44. The molecule has 1 amide bonds. The lowest BCUT2D eigenvalue weighted by Crippen LogP contribution is -2.49. The number of para-hydroxylation sites is 1. The van der Waals surface area contributed by atoms with E-state index < -0.39 is 12.0 Å². The molecule has 0 bridgehead atoms. The van der Waals surface area contributed by atoms with Crippen molar-refractivity contribution in [3.63, 3.8) is 0 Å². The number of carbonyl (C=O) groups excluding carboxylic acids is 1. The Morgan fingerprint density at radius 2 is 1.80 bits per heavy atom. The van der Waals surface area contributed by atoms with E-state index in [0.717, 1.165) is 66.5 Å². The second-order valence-corrected chi connectivity index (χ2v) is 9.82. The molecule has 0 saturated carbocycles. The van der Waals surface area contributed by atoms with Crippen molar-refractivity contribution in [3.8, 4) is 0 Å². The molecule has 1 saturated heterocycles. The molecule has 2 aliphatic rings. The van der Waals surface area contributed by atoms with Crippen molar-refractivity contribution in [3.05, 3.63) is 71.2 Å². The van der Waals surface area contributed by atoms with Gasteiger partial charge in [-0.1, -0.05) is 36.8 Å². The summed E-state index contributed by atoms with van der Waals surface area (Å²) in [5, 5.41) is 10.5. The highest BCUT2D eigenvalue weighted by atomic mass is 19.1. The third-order valence-electron chi connectivity index (χ3n) is 7.70. The smallest absolute Gasteiger partial charge is 0.307 e. The third kappa shape index (κ3) is 4.57. The molecule has 2 atom stereocenters. The summed E-state index contributed by atoms with van der Waals surface area (Å²) < 4.78 is 15.9. The number of aliphatic carboxylic acids is 1. The van der Waals surface area contributed by atoms with Crippen LogP contribution < -0.4 is 0 Å². The first-order chi connectivity index (χ1) is 16.9. The number of aromatic nitrogens is 1. The van der Waals surface area contributed by atoms with Crippen LogP contribution in [0.4, 0.5) is 4.39 Å². The zero-order valence-corrected chi connectivity index (χ0v) is 20.1. The lowest BCUT2D eigenvalue weighted by molar-refractivity contribution is -0.139. The molecule has 184 valence electrons. The Morgan fingerprint density at radius 3 is 2.51 bits per heavy atom. The molecule has 0 aliphatic carbocycles. The van der Waals surface area contributed by atoms with Crippen LogP contribution in [0.5, 0.6) is 0 Å². The Kier molecular flexibility index (Phi) is 6.60. The number of fused-ring (bicyclic) bond motifs is 3. The molecule has 2 aromatic carbocycles. The molecule has 35 heavy (non-hydrogen) atoms. The monoisotopic (exact) mass is 477 g/mol. The van der Waals surface area contributed by atoms with E-state index in [1.807, 2.05) is 36.2 Å². The van der Waals surface area contributed by atoms with Crippen LogP contribution in [0, 0.1) is 5.82 Å². The summed E-state index contributed by atoms with van der Waals surface area (Å²) in [4.78, 5) is 29.6. The van der Waals surface area contributed by atoms with Crippen molar-refractivity contribution in [1.29, 1.82) is 0 Å². The summed E-state index contributed by atoms with van der Waals surface area (Å²) in [6.07, 6.45) is 4.80. The minimum atomic E-state index is -0.831. The summed E-state index contributed by atoms with van der Waals surface area (Å²) in [5.74, 6) is -1.10. The van der Waals surface area contributed by atoms with E-state index in [2.05, 4.69) is 9.47 Å². The lowest BCUT2D eigenvalue weighted by Gasteiger charge is -2.39. The second-order valence-electron chi connectivity index (χ2n) is 9.82. The Bertz CT molecular complexity index is 1230. The summed E-state index contributed by atoms with van der Waals surface area (Å²) >= 11 is 0. The SMILES string of the molecule is CN(C(=O)C(c1ccc(F)cc1)N1CCCCC1)C1CCc2c(CC(=O)O)c3ccccc3n2C1. The average Bonchev–Trinajstić information content (AvgIpc) is 3.18. The van der Waals surface area contributed by atoms with Crippen LogP contribution in [-0.4, -0.2) is 57.5 Å². The third-order valence-corrected chi connectivity index (χ3v) is 7.70. The summed E-state index contributed by atoms with van der Waals surface area (Å²) in [6, 6.07) is 13.8. The van der Waals surface area contributed by atoms with Gasteiger partial charge in [0.2, 0.25) is 5.91 Å². The van der Waals surface area contributed by atoms with Crippen molar-refractivity contribution in [2.75, 3.05) is 20.1 Å². The first kappa shape index (κ1) is 23.5. The number of likely N-dealkylation sites (tertiary alicyclic amines) is 1. The van der Waals surface area contributed by atoms with Gasteiger partial charge in [-0.3, -0.25) is 14.5 Å². The standard InChI is InChI=1S/C28H32FN3O3/c1-30(28(35)27(31-15-5-2-6-16-31)19-9-11-20(29)12-10-19)21-13-14-25-23(17-26(33)34)22-7-3-4-8-24(22)32(25)18-21/h3-4,7-12,21,27H,2,5-6,13-18H2,1H3,(H,33,34). The number of carboxylic acid groups (broad SMARTS) is 1. The first-order valence-electron chi connectivity index (χ1n) is 12.5. The van der Waals surface area contributed by atoms with Gasteiger partial charge in [0.15, 0.2) is 0 Å². The Labute approximate surface area is 204 Å². The van der Waals surface area contributed by atoms with Crippen LogP contribution in [0.1, 0.15) is 48.5 Å². The van der Waals surface area contributed by atoms with Gasteiger partial charge in [-0.25, -0.2) is 4.39 Å². The summed E-state index contributed by atoms with van der Waals surface area (Å²) in [6.45, 7) is 2.35. The first-order valence-corrected chi connectivity index (χ1v) is 12.5. The molecule has 5 rings (SSSR count). The molecule has 6 nitrogen and oxygen atoms in total. The van der Waals surface area contributed by atoms with Crippen molar-refractivity contribution < 1.29 is 19.1 Å². The second kappa shape index (κ2) is 9.82. The number of carboxylic acids is 1. The van der Waals surface area contributed by atoms with Crippen molar-refractivity contribution in [2.24, 2.45) is 0 Å². The maximum Gasteiger partial charge on any atom is 0.307 e. The molecule has 0 spiro atoms. The number of piperidine rings is 1. The number of nitrogens with zero attached hydrogens (tertiary/aromatic N) is 3. The van der Waals surface area contributed by atoms with E-state index in [1.54, 1.807) is 12.1 Å². The molecule has 2 unspecified atom stereocenters. The van der Waals surface area contributed by atoms with E-state index >= 15 is 0 Å². The molecule has 1 N–H and O–H groups in total. The highest BCUT2D eigenvalue weighted by Gasteiger charge is 2.35. The molecule has 1 fully saturated rings. The van der Waals surface area contributed by atoms with Crippen LogP contribution in [0.25, 0.3) is 10.9 Å². The molecule has 0 radical (unpaired) electrons. The number of likely N-dealkylation sites (N-methyl/N-ethyl adjacent to an activating group) is 1. The number of benzene rings is 2. The summed E-state index contributed by atoms with van der Waals surface area (Å²) in [5.41, 5.74) is 3.81. The number of amides is 1. The zero-order valence-electron chi connectivity index (χ0n) is 20.1. The van der Waals surface area contributed by atoms with Crippen LogP contribution in [0.2, 0.25) is 0 Å². The van der Waals surface area contributed by atoms with Crippen molar-refractivity contribution in [1.82, 2.24) is 14.4 Å². The van der Waals surface area contributed by atoms with Gasteiger partial charge in [0.05, 0.1) is 6.42 Å². The van der Waals surface area contributed by atoms with E-state index in [1.165, 1.54) is 18.6 Å². The van der Waals surface area contributed by atoms with Gasteiger partial charge in [-0.2, -0.15) is 0 Å². The minimum absolute atomic E-state index is 0.00350. The Hall–Kier alpha value is -3.19. The predicted octanol–water partition coefficient (Wildman–Crippen LogP) is 4.41. The molecule has 2 aliphatic heterocycles. The number of hydrogen-bond acceptors (Lipinski definition) is 3. The number of carbonyl (C=O) groups is 2. The van der Waals surface area contributed by atoms with Gasteiger partial charge < -0.3 is 14.6 Å². The van der Waals surface area contributed by atoms with Gasteiger partial charge in [-0.05, 0) is 68.1 Å². The minimum Gasteiger partial charge on any atom is -0.481 e. The normalized spacial score (nSPS) is 19.3. The van der Waals surface area contributed by atoms with E-state index in [-0.39, 0.29) is 24.2 Å². The average molecular weight is 478 g/mol. The van der Waals surface area contributed by atoms with Gasteiger partial charge in [0.1, 0.15) is 11.9 Å². The fraction of sp³-hybridized carbons (Fsp3) is 0.429. The topological polar surface area (TPSA) is 65.8 Å². The van der Waals surface area contributed by atoms with Gasteiger partial charge in [0, 0.05) is 36.2 Å². The van der Waals surface area contributed by atoms with Crippen LogP contribution in [0.3, 0.4) is 0 Å². The van der Waals surface area contributed by atoms with Crippen LogP contribution in [-0.2, 0) is 29.0 Å². The molecule has 7 heteroatoms. The maximum absolute atomic E-state index is 14.0. The summed E-state index contributed by atoms with van der Waals surface area (Å²) in [7, 11) is 1.88. The van der Waals surface area contributed by atoms with Crippen molar-refractivity contribution >= 4 is 22.8 Å². The lowest BCUT2D eigenvalue weighted by atomic mass is 9.97. The highest BCUT2D eigenvalue weighted by molar-refractivity contribution is 5.89. The van der Waals surface area contributed by atoms with Gasteiger partial charge in [-0.15, -0.1) is 0 Å². The quantitative estimate of drug-likeness (QED) is 0.571. The fourth-order valence-corrected chi connectivity index (χ4v) is 5.90. The number of hydrogen-bond donors (Lipinski definition) is 1. The highest BCUT2D eigenvalue weighted by Crippen LogP contribution is 2.34. The van der Waals surface area contributed by atoms with Crippen LogP contribution >= 0.6 is 0 Å². The van der Waals surface area contributed by atoms with Gasteiger partial charge >= 0.3 is 5.97 Å². The molecular weight excluding hydrogens is 445 g/mol. The van der Waals surface area contributed by atoms with E-state index in [4.69, 9.17) is 0 Å². The largest absolute Gasteiger partial charge is 0.481 e. The zero-order chi connectivity index (χ0) is 24.5. The number of halogens is 1. The van der Waals surface area contributed by atoms with Crippen molar-refractivity contribution in [2.45, 2.75) is 57.2 Å². The molecule has 3 aromatic rings. The maximum atomic E-state index is 14.0. The molecule has 3 heterocycles. The van der Waals surface area contributed by atoms with Gasteiger partial charge in [0.25, 0.3) is 0 Å². The Morgan fingerprint density at radius 1 is 1.09 bits per heavy atom.